The molecule has 0 bridgehead atoms. The van der Waals surface area contributed by atoms with E-state index in [0.29, 0.717) is 5.69 Å². The van der Waals surface area contributed by atoms with E-state index in [1.165, 1.54) is 0 Å². The SMILES string of the molecule is CCCCCC(C)(O)c1cnccn1. The molecule has 1 aromatic heterocycles. The summed E-state index contributed by atoms with van der Waals surface area (Å²) < 4.78 is 0. The minimum atomic E-state index is -0.830. The second-order valence-corrected chi connectivity index (χ2v) is 3.82. The van der Waals surface area contributed by atoms with E-state index >= 15 is 0 Å². The fourth-order valence-corrected chi connectivity index (χ4v) is 1.42. The lowest BCUT2D eigenvalue weighted by atomic mass is 9.95. The second kappa shape index (κ2) is 5.05. The maximum Gasteiger partial charge on any atom is 0.105 e. The highest BCUT2D eigenvalue weighted by molar-refractivity contribution is 5.05. The van der Waals surface area contributed by atoms with Gasteiger partial charge in [0.1, 0.15) is 5.60 Å². The van der Waals surface area contributed by atoms with Gasteiger partial charge in [0, 0.05) is 12.4 Å². The Balaban J connectivity index is 2.56. The van der Waals surface area contributed by atoms with Gasteiger partial charge >= 0.3 is 0 Å². The van der Waals surface area contributed by atoms with Crippen LogP contribution in [0, 0.1) is 0 Å². The third-order valence-electron chi connectivity index (χ3n) is 2.38. The zero-order valence-corrected chi connectivity index (χ0v) is 8.90. The molecule has 1 N–H and O–H groups in total. The van der Waals surface area contributed by atoms with Gasteiger partial charge in [-0.3, -0.25) is 9.97 Å². The summed E-state index contributed by atoms with van der Waals surface area (Å²) in [4.78, 5) is 8.07. The van der Waals surface area contributed by atoms with Gasteiger partial charge in [0.2, 0.25) is 0 Å². The van der Waals surface area contributed by atoms with Crippen LogP contribution in [0.5, 0.6) is 0 Å². The molecule has 0 aliphatic heterocycles. The minimum absolute atomic E-state index is 0.663. The first-order valence-corrected chi connectivity index (χ1v) is 5.15. The lowest BCUT2D eigenvalue weighted by Crippen LogP contribution is -2.22. The van der Waals surface area contributed by atoms with E-state index in [0.717, 1.165) is 25.7 Å². The molecule has 3 nitrogen and oxygen atoms in total. The highest BCUT2D eigenvalue weighted by Crippen LogP contribution is 2.24. The van der Waals surface area contributed by atoms with Crippen molar-refractivity contribution in [3.63, 3.8) is 0 Å². The summed E-state index contributed by atoms with van der Waals surface area (Å²) in [7, 11) is 0. The predicted molar refractivity (Wildman–Crippen MR) is 55.7 cm³/mol. The van der Waals surface area contributed by atoms with Crippen molar-refractivity contribution < 1.29 is 5.11 Å². The summed E-state index contributed by atoms with van der Waals surface area (Å²) in [6, 6.07) is 0. The summed E-state index contributed by atoms with van der Waals surface area (Å²) in [5.74, 6) is 0. The summed E-state index contributed by atoms with van der Waals surface area (Å²) >= 11 is 0. The molecule has 1 rings (SSSR count). The first-order chi connectivity index (χ1) is 6.67. The zero-order valence-electron chi connectivity index (χ0n) is 8.90. The molecular formula is C11H18N2O. The van der Waals surface area contributed by atoms with E-state index < -0.39 is 5.60 Å². The van der Waals surface area contributed by atoms with Gasteiger partial charge in [-0.05, 0) is 13.3 Å². The Hall–Kier alpha value is -0.960. The van der Waals surface area contributed by atoms with E-state index in [9.17, 15) is 5.11 Å². The molecule has 0 aliphatic carbocycles. The molecule has 0 aromatic carbocycles. The van der Waals surface area contributed by atoms with Crippen molar-refractivity contribution in [1.82, 2.24) is 9.97 Å². The highest BCUT2D eigenvalue weighted by atomic mass is 16.3. The van der Waals surface area contributed by atoms with E-state index in [1.807, 2.05) is 0 Å². The summed E-state index contributed by atoms with van der Waals surface area (Å²) in [5, 5.41) is 10.1. The summed E-state index contributed by atoms with van der Waals surface area (Å²) in [6.45, 7) is 3.95. The number of aromatic nitrogens is 2. The lowest BCUT2D eigenvalue weighted by Gasteiger charge is -2.21. The molecule has 1 aromatic rings. The second-order valence-electron chi connectivity index (χ2n) is 3.82. The van der Waals surface area contributed by atoms with Crippen LogP contribution in [0.25, 0.3) is 0 Å². The van der Waals surface area contributed by atoms with Crippen molar-refractivity contribution in [2.24, 2.45) is 0 Å². The Morgan fingerprint density at radius 1 is 1.36 bits per heavy atom. The van der Waals surface area contributed by atoms with Gasteiger partial charge in [-0.15, -0.1) is 0 Å². The molecule has 1 unspecified atom stereocenters. The number of unbranched alkanes of at least 4 members (excludes halogenated alkanes) is 2. The van der Waals surface area contributed by atoms with Crippen LogP contribution in [0.1, 0.15) is 45.2 Å². The first kappa shape index (κ1) is 11.1. The molecule has 0 radical (unpaired) electrons. The van der Waals surface area contributed by atoms with Gasteiger partial charge in [-0.2, -0.15) is 0 Å². The van der Waals surface area contributed by atoms with E-state index in [1.54, 1.807) is 25.5 Å². The molecule has 0 aliphatic rings. The topological polar surface area (TPSA) is 46.0 Å². The summed E-state index contributed by atoms with van der Waals surface area (Å²) in [5.41, 5.74) is -0.167. The largest absolute Gasteiger partial charge is 0.384 e. The van der Waals surface area contributed by atoms with E-state index in [2.05, 4.69) is 16.9 Å². The Kier molecular flexibility index (Phi) is 4.01. The predicted octanol–water partition coefficient (Wildman–Crippen LogP) is 2.26. The third kappa shape index (κ3) is 3.07. The average Bonchev–Trinajstić information content (AvgIpc) is 2.19. The molecule has 0 amide bonds. The Morgan fingerprint density at radius 3 is 2.71 bits per heavy atom. The van der Waals surface area contributed by atoms with Crippen LogP contribution in [0.3, 0.4) is 0 Å². The fraction of sp³-hybridized carbons (Fsp3) is 0.636. The molecule has 1 heterocycles. The smallest absolute Gasteiger partial charge is 0.105 e. The first-order valence-electron chi connectivity index (χ1n) is 5.15. The Morgan fingerprint density at radius 2 is 2.14 bits per heavy atom. The van der Waals surface area contributed by atoms with Crippen molar-refractivity contribution in [1.29, 1.82) is 0 Å². The van der Waals surface area contributed by atoms with Crippen LogP contribution in [-0.2, 0) is 5.60 Å². The van der Waals surface area contributed by atoms with E-state index in [4.69, 9.17) is 0 Å². The molecule has 14 heavy (non-hydrogen) atoms. The van der Waals surface area contributed by atoms with Gasteiger partial charge in [0.05, 0.1) is 11.9 Å². The Labute approximate surface area is 85.2 Å². The van der Waals surface area contributed by atoms with Crippen molar-refractivity contribution in [2.75, 3.05) is 0 Å². The number of aliphatic hydroxyl groups is 1. The molecule has 3 heteroatoms. The molecule has 0 saturated carbocycles. The minimum Gasteiger partial charge on any atom is -0.384 e. The van der Waals surface area contributed by atoms with Crippen LogP contribution in [0.4, 0.5) is 0 Å². The number of hydrogen-bond acceptors (Lipinski definition) is 3. The van der Waals surface area contributed by atoms with Crippen molar-refractivity contribution in [3.05, 3.63) is 24.3 Å². The van der Waals surface area contributed by atoms with Crippen LogP contribution >= 0.6 is 0 Å². The van der Waals surface area contributed by atoms with Gasteiger partial charge in [-0.25, -0.2) is 0 Å². The fourth-order valence-electron chi connectivity index (χ4n) is 1.42. The molecule has 78 valence electrons. The Bertz CT molecular complexity index is 259. The average molecular weight is 194 g/mol. The molecule has 0 saturated heterocycles. The maximum atomic E-state index is 10.1. The zero-order chi connectivity index (χ0) is 10.4. The normalized spacial score (nSPS) is 15.1. The molecule has 1 atom stereocenters. The van der Waals surface area contributed by atoms with E-state index in [-0.39, 0.29) is 0 Å². The highest BCUT2D eigenvalue weighted by Gasteiger charge is 2.23. The number of hydrogen-bond donors (Lipinski definition) is 1. The number of rotatable bonds is 5. The quantitative estimate of drug-likeness (QED) is 0.731. The molecule has 0 fully saturated rings. The van der Waals surface area contributed by atoms with Gasteiger partial charge in [0.25, 0.3) is 0 Å². The van der Waals surface area contributed by atoms with Gasteiger partial charge < -0.3 is 5.11 Å². The van der Waals surface area contributed by atoms with Crippen LogP contribution < -0.4 is 0 Å². The van der Waals surface area contributed by atoms with Crippen LogP contribution in [-0.4, -0.2) is 15.1 Å². The lowest BCUT2D eigenvalue weighted by molar-refractivity contribution is 0.0401. The van der Waals surface area contributed by atoms with Crippen molar-refractivity contribution >= 4 is 0 Å². The van der Waals surface area contributed by atoms with Crippen LogP contribution in [0.2, 0.25) is 0 Å². The number of nitrogens with zero attached hydrogens (tertiary/aromatic N) is 2. The van der Waals surface area contributed by atoms with Crippen LogP contribution in [0.15, 0.2) is 18.6 Å². The van der Waals surface area contributed by atoms with Gasteiger partial charge in [-0.1, -0.05) is 26.2 Å². The summed E-state index contributed by atoms with van der Waals surface area (Å²) in [6.07, 6.45) is 8.95. The molecule has 0 spiro atoms. The maximum absolute atomic E-state index is 10.1. The third-order valence-corrected chi connectivity index (χ3v) is 2.38. The van der Waals surface area contributed by atoms with Crippen molar-refractivity contribution in [3.8, 4) is 0 Å². The van der Waals surface area contributed by atoms with Gasteiger partial charge in [0.15, 0.2) is 0 Å². The monoisotopic (exact) mass is 194 g/mol. The standard InChI is InChI=1S/C11H18N2O/c1-3-4-5-6-11(2,14)10-9-12-7-8-13-10/h7-9,14H,3-6H2,1-2H3. The molecular weight excluding hydrogens is 176 g/mol. The van der Waals surface area contributed by atoms with Crippen molar-refractivity contribution in [2.45, 2.75) is 45.1 Å².